The molecule has 2 aromatic heterocycles. The Kier molecular flexibility index (Phi) is 4.91. The molecular weight excluding hydrogens is 385 g/mol. The minimum absolute atomic E-state index is 0.255. The average Bonchev–Trinajstić information content (AvgIpc) is 3.10. The standard InChI is InChI=1S/C22H20FN5O2/c1-13-19-14(2)27(18-7-5-4-6-8-18)26-20(19)22(30)28(25-13)15(3)21(29)24-17-11-9-16(23)10-12-17/h4-12,15H,1-3H3,(H,24,29). The number of benzene rings is 2. The third kappa shape index (κ3) is 3.36. The summed E-state index contributed by atoms with van der Waals surface area (Å²) in [6.07, 6.45) is 0. The van der Waals surface area contributed by atoms with Gasteiger partial charge in [-0.2, -0.15) is 10.2 Å². The van der Waals surface area contributed by atoms with Crippen LogP contribution in [0.3, 0.4) is 0 Å². The molecule has 2 heterocycles. The van der Waals surface area contributed by atoms with Crippen LogP contribution in [0.4, 0.5) is 10.1 Å². The van der Waals surface area contributed by atoms with E-state index < -0.39 is 23.3 Å². The Morgan fingerprint density at radius 1 is 1.03 bits per heavy atom. The Bertz CT molecular complexity index is 1290. The fourth-order valence-electron chi connectivity index (χ4n) is 3.42. The summed E-state index contributed by atoms with van der Waals surface area (Å²) in [5.74, 6) is -0.835. The van der Waals surface area contributed by atoms with Crippen LogP contribution < -0.4 is 10.9 Å². The lowest BCUT2D eigenvalue weighted by atomic mass is 10.2. The number of aromatic nitrogens is 4. The van der Waals surface area contributed by atoms with Gasteiger partial charge in [-0.1, -0.05) is 18.2 Å². The van der Waals surface area contributed by atoms with E-state index in [1.165, 1.54) is 24.3 Å². The maximum atomic E-state index is 13.1. The van der Waals surface area contributed by atoms with E-state index in [1.54, 1.807) is 18.5 Å². The van der Waals surface area contributed by atoms with E-state index in [9.17, 15) is 14.0 Å². The molecule has 0 saturated carbocycles. The minimum Gasteiger partial charge on any atom is -0.324 e. The summed E-state index contributed by atoms with van der Waals surface area (Å²) in [4.78, 5) is 25.8. The van der Waals surface area contributed by atoms with E-state index in [1.807, 2.05) is 37.3 Å². The van der Waals surface area contributed by atoms with Crippen LogP contribution in [0.1, 0.15) is 24.4 Å². The number of hydrogen-bond acceptors (Lipinski definition) is 4. The molecule has 0 fully saturated rings. The molecule has 1 N–H and O–H groups in total. The summed E-state index contributed by atoms with van der Waals surface area (Å²) in [6, 6.07) is 14.0. The predicted molar refractivity (Wildman–Crippen MR) is 112 cm³/mol. The maximum absolute atomic E-state index is 13.1. The fourth-order valence-corrected chi connectivity index (χ4v) is 3.42. The summed E-state index contributed by atoms with van der Waals surface area (Å²) in [7, 11) is 0. The first-order valence-electron chi connectivity index (χ1n) is 9.47. The Morgan fingerprint density at radius 3 is 2.37 bits per heavy atom. The van der Waals surface area contributed by atoms with E-state index in [4.69, 9.17) is 0 Å². The summed E-state index contributed by atoms with van der Waals surface area (Å²) in [5, 5.41) is 12.2. The van der Waals surface area contributed by atoms with Gasteiger partial charge >= 0.3 is 0 Å². The number of carbonyl (C=O) groups excluding carboxylic acids is 1. The first-order chi connectivity index (χ1) is 14.4. The summed E-state index contributed by atoms with van der Waals surface area (Å²) < 4.78 is 15.9. The number of fused-ring (bicyclic) bond motifs is 1. The zero-order chi connectivity index (χ0) is 21.4. The maximum Gasteiger partial charge on any atom is 0.295 e. The van der Waals surface area contributed by atoms with Crippen molar-refractivity contribution in [2.75, 3.05) is 5.32 Å². The number of nitrogens with zero attached hydrogens (tertiary/aromatic N) is 4. The van der Waals surface area contributed by atoms with Crippen molar-refractivity contribution in [2.24, 2.45) is 0 Å². The number of para-hydroxylation sites is 1. The smallest absolute Gasteiger partial charge is 0.295 e. The van der Waals surface area contributed by atoms with Crippen LogP contribution in [0.5, 0.6) is 0 Å². The number of halogens is 1. The van der Waals surface area contributed by atoms with Crippen molar-refractivity contribution in [1.82, 2.24) is 19.6 Å². The highest BCUT2D eigenvalue weighted by atomic mass is 19.1. The van der Waals surface area contributed by atoms with Gasteiger partial charge in [-0.25, -0.2) is 13.8 Å². The molecule has 8 heteroatoms. The summed E-state index contributed by atoms with van der Waals surface area (Å²) >= 11 is 0. The Hall–Kier alpha value is -3.81. The number of nitrogens with one attached hydrogen (secondary N) is 1. The second kappa shape index (κ2) is 7.55. The number of anilines is 1. The molecule has 0 bridgehead atoms. The van der Waals surface area contributed by atoms with Gasteiger partial charge in [0.05, 0.1) is 22.5 Å². The van der Waals surface area contributed by atoms with E-state index >= 15 is 0 Å². The Balaban J connectivity index is 1.74. The van der Waals surface area contributed by atoms with Gasteiger partial charge in [0.2, 0.25) is 5.91 Å². The molecule has 30 heavy (non-hydrogen) atoms. The van der Waals surface area contributed by atoms with E-state index in [2.05, 4.69) is 15.5 Å². The number of amides is 1. The SMILES string of the molecule is Cc1nn(C(C)C(=O)Nc2ccc(F)cc2)c(=O)c2nn(-c3ccccc3)c(C)c12. The topological polar surface area (TPSA) is 81.8 Å². The third-order valence-corrected chi connectivity index (χ3v) is 5.01. The second-order valence-electron chi connectivity index (χ2n) is 7.06. The Morgan fingerprint density at radius 2 is 1.70 bits per heavy atom. The zero-order valence-electron chi connectivity index (χ0n) is 16.8. The van der Waals surface area contributed by atoms with Gasteiger partial charge in [-0.05, 0) is 57.2 Å². The molecule has 0 radical (unpaired) electrons. The number of hydrogen-bond donors (Lipinski definition) is 1. The number of aryl methyl sites for hydroxylation is 2. The minimum atomic E-state index is -0.882. The third-order valence-electron chi connectivity index (χ3n) is 5.01. The highest BCUT2D eigenvalue weighted by Gasteiger charge is 2.23. The predicted octanol–water partition coefficient (Wildman–Crippen LogP) is 3.54. The largest absolute Gasteiger partial charge is 0.324 e. The Labute approximate surface area is 171 Å². The van der Waals surface area contributed by atoms with E-state index in [-0.39, 0.29) is 5.52 Å². The van der Waals surface area contributed by atoms with Crippen LogP contribution in [0.15, 0.2) is 59.4 Å². The molecule has 152 valence electrons. The molecule has 4 rings (SSSR count). The normalized spacial score (nSPS) is 12.1. The fraction of sp³-hybridized carbons (Fsp3) is 0.182. The molecule has 1 atom stereocenters. The summed E-state index contributed by atoms with van der Waals surface area (Å²) in [5.41, 5.74) is 2.47. The molecule has 2 aromatic carbocycles. The van der Waals surface area contributed by atoms with Crippen molar-refractivity contribution in [3.05, 3.63) is 82.2 Å². The molecule has 0 aliphatic rings. The highest BCUT2D eigenvalue weighted by molar-refractivity contribution is 5.93. The van der Waals surface area contributed by atoms with Gasteiger partial charge in [0.1, 0.15) is 11.9 Å². The van der Waals surface area contributed by atoms with Crippen molar-refractivity contribution in [3.8, 4) is 5.69 Å². The van der Waals surface area contributed by atoms with Gasteiger partial charge in [-0.3, -0.25) is 9.59 Å². The quantitative estimate of drug-likeness (QED) is 0.563. The highest BCUT2D eigenvalue weighted by Crippen LogP contribution is 2.22. The molecular formula is C22H20FN5O2. The molecule has 1 unspecified atom stereocenters. The zero-order valence-corrected chi connectivity index (χ0v) is 16.8. The van der Waals surface area contributed by atoms with Crippen LogP contribution in [-0.2, 0) is 4.79 Å². The van der Waals surface area contributed by atoms with Crippen LogP contribution >= 0.6 is 0 Å². The monoisotopic (exact) mass is 405 g/mol. The van der Waals surface area contributed by atoms with Gasteiger partial charge < -0.3 is 5.32 Å². The van der Waals surface area contributed by atoms with Crippen molar-refractivity contribution in [1.29, 1.82) is 0 Å². The number of carbonyl (C=O) groups is 1. The van der Waals surface area contributed by atoms with Gasteiger partial charge in [0.15, 0.2) is 5.52 Å². The molecule has 7 nitrogen and oxygen atoms in total. The lowest BCUT2D eigenvalue weighted by Crippen LogP contribution is -2.34. The molecule has 4 aromatic rings. The molecule has 0 aliphatic carbocycles. The molecule has 1 amide bonds. The van der Waals surface area contributed by atoms with Crippen molar-refractivity contribution in [2.45, 2.75) is 26.8 Å². The lowest BCUT2D eigenvalue weighted by Gasteiger charge is -2.15. The van der Waals surface area contributed by atoms with Crippen LogP contribution in [0, 0.1) is 19.7 Å². The van der Waals surface area contributed by atoms with Crippen LogP contribution in [-0.4, -0.2) is 25.5 Å². The summed E-state index contributed by atoms with van der Waals surface area (Å²) in [6.45, 7) is 5.25. The molecule has 0 aliphatic heterocycles. The van der Waals surface area contributed by atoms with Crippen molar-refractivity contribution in [3.63, 3.8) is 0 Å². The van der Waals surface area contributed by atoms with E-state index in [0.717, 1.165) is 16.1 Å². The van der Waals surface area contributed by atoms with Gasteiger partial charge in [0, 0.05) is 5.69 Å². The molecule has 0 saturated heterocycles. The van der Waals surface area contributed by atoms with E-state index in [0.29, 0.717) is 16.8 Å². The van der Waals surface area contributed by atoms with Crippen molar-refractivity contribution < 1.29 is 9.18 Å². The second-order valence-corrected chi connectivity index (χ2v) is 7.06. The van der Waals surface area contributed by atoms with Crippen LogP contribution in [0.2, 0.25) is 0 Å². The molecule has 0 spiro atoms. The average molecular weight is 405 g/mol. The lowest BCUT2D eigenvalue weighted by molar-refractivity contribution is -0.119. The first-order valence-corrected chi connectivity index (χ1v) is 9.47. The first kappa shape index (κ1) is 19.5. The number of rotatable bonds is 4. The van der Waals surface area contributed by atoms with Gasteiger partial charge in [0.25, 0.3) is 5.56 Å². The van der Waals surface area contributed by atoms with Crippen molar-refractivity contribution >= 4 is 22.5 Å². The van der Waals surface area contributed by atoms with Crippen LogP contribution in [0.25, 0.3) is 16.6 Å². The van der Waals surface area contributed by atoms with Gasteiger partial charge in [-0.15, -0.1) is 0 Å².